The molecule has 2 fully saturated rings. The molecule has 0 aromatic carbocycles. The number of imide groups is 1. The van der Waals surface area contributed by atoms with Crippen molar-refractivity contribution in [3.05, 3.63) is 0 Å². The lowest BCUT2D eigenvalue weighted by atomic mass is 9.82. The highest BCUT2D eigenvalue weighted by molar-refractivity contribution is 6.09. The molecule has 3 N–H and O–H groups in total. The number of nitrogens with one attached hydrogen (secondary N) is 2. The molecule has 1 heterocycles. The van der Waals surface area contributed by atoms with Crippen molar-refractivity contribution in [3.8, 4) is 0 Å². The molecule has 1 saturated carbocycles. The maximum Gasteiger partial charge on any atom is 0.325 e. The molecule has 4 amide bonds. The van der Waals surface area contributed by atoms with Crippen molar-refractivity contribution < 1.29 is 24.3 Å². The fourth-order valence-electron chi connectivity index (χ4n) is 2.81. The largest absolute Gasteiger partial charge is 0.480 e. The minimum atomic E-state index is -1.18. The Hall–Kier alpha value is -2.12. The molecule has 0 radical (unpaired) electrons. The van der Waals surface area contributed by atoms with Crippen molar-refractivity contribution in [3.63, 3.8) is 0 Å². The van der Waals surface area contributed by atoms with Gasteiger partial charge in [0, 0.05) is 0 Å². The Balaban J connectivity index is 2.00. The van der Waals surface area contributed by atoms with Crippen LogP contribution in [0.5, 0.6) is 0 Å². The van der Waals surface area contributed by atoms with E-state index in [4.69, 9.17) is 5.11 Å². The van der Waals surface area contributed by atoms with E-state index in [-0.39, 0.29) is 5.91 Å². The van der Waals surface area contributed by atoms with E-state index in [2.05, 4.69) is 10.6 Å². The fourth-order valence-corrected chi connectivity index (χ4v) is 2.81. The van der Waals surface area contributed by atoms with Gasteiger partial charge < -0.3 is 15.7 Å². The molecular formula is C13H19N3O5. The fraction of sp³-hybridized carbons (Fsp3) is 0.692. The Kier molecular flexibility index (Phi) is 4.15. The molecule has 0 aromatic rings. The van der Waals surface area contributed by atoms with Crippen molar-refractivity contribution in [1.82, 2.24) is 15.5 Å². The Morgan fingerprint density at radius 2 is 1.95 bits per heavy atom. The molecule has 0 bridgehead atoms. The van der Waals surface area contributed by atoms with Crippen molar-refractivity contribution in [2.24, 2.45) is 0 Å². The lowest BCUT2D eigenvalue weighted by Gasteiger charge is -2.30. The van der Waals surface area contributed by atoms with Gasteiger partial charge in [0.2, 0.25) is 5.91 Å². The number of amides is 4. The number of nitrogens with zero attached hydrogens (tertiary/aromatic N) is 1. The zero-order valence-electron chi connectivity index (χ0n) is 11.8. The van der Waals surface area contributed by atoms with Gasteiger partial charge in [0.1, 0.15) is 18.1 Å². The van der Waals surface area contributed by atoms with E-state index in [1.165, 1.54) is 6.92 Å². The van der Waals surface area contributed by atoms with E-state index in [0.29, 0.717) is 12.8 Å². The molecule has 1 aliphatic carbocycles. The molecular weight excluding hydrogens is 278 g/mol. The van der Waals surface area contributed by atoms with Gasteiger partial charge in [0.25, 0.3) is 5.91 Å². The summed E-state index contributed by atoms with van der Waals surface area (Å²) in [6.07, 6.45) is 3.92. The number of rotatable bonds is 4. The van der Waals surface area contributed by atoms with Gasteiger partial charge in [-0.15, -0.1) is 0 Å². The smallest absolute Gasteiger partial charge is 0.325 e. The molecule has 1 spiro atoms. The highest BCUT2D eigenvalue weighted by Gasteiger charge is 2.51. The summed E-state index contributed by atoms with van der Waals surface area (Å²) in [4.78, 5) is 47.6. The van der Waals surface area contributed by atoms with Crippen molar-refractivity contribution in [2.45, 2.75) is 50.6 Å². The predicted octanol–water partition coefficient (Wildman–Crippen LogP) is -0.170. The first-order valence-corrected chi connectivity index (χ1v) is 7.02. The van der Waals surface area contributed by atoms with Crippen LogP contribution in [0.4, 0.5) is 4.79 Å². The van der Waals surface area contributed by atoms with Crippen LogP contribution in [0.1, 0.15) is 39.0 Å². The average Bonchev–Trinajstić information content (AvgIpc) is 2.64. The number of carboxylic acid groups (broad SMARTS) is 1. The summed E-state index contributed by atoms with van der Waals surface area (Å²) in [7, 11) is 0. The summed E-state index contributed by atoms with van der Waals surface area (Å²) >= 11 is 0. The molecule has 1 atom stereocenters. The second-order valence-electron chi connectivity index (χ2n) is 5.59. The molecule has 8 heteroatoms. The molecule has 1 aliphatic heterocycles. The molecule has 1 unspecified atom stereocenters. The minimum absolute atomic E-state index is 0.384. The van der Waals surface area contributed by atoms with E-state index in [1.54, 1.807) is 0 Å². The normalized spacial score (nSPS) is 22.0. The van der Waals surface area contributed by atoms with E-state index < -0.39 is 36.0 Å². The summed E-state index contributed by atoms with van der Waals surface area (Å²) in [5.41, 5.74) is -0.867. The number of hydrogen-bond donors (Lipinski definition) is 3. The molecule has 1 saturated heterocycles. The molecule has 8 nitrogen and oxygen atoms in total. The summed E-state index contributed by atoms with van der Waals surface area (Å²) in [5, 5.41) is 13.6. The van der Waals surface area contributed by atoms with Gasteiger partial charge in [-0.05, 0) is 19.8 Å². The van der Waals surface area contributed by atoms with Gasteiger partial charge in [0.05, 0.1) is 0 Å². The van der Waals surface area contributed by atoms with Crippen molar-refractivity contribution in [1.29, 1.82) is 0 Å². The lowest BCUT2D eigenvalue weighted by molar-refractivity contribution is -0.141. The maximum atomic E-state index is 12.4. The van der Waals surface area contributed by atoms with E-state index >= 15 is 0 Å². The zero-order chi connectivity index (χ0) is 15.6. The number of carboxylic acids is 1. The quantitative estimate of drug-likeness (QED) is 0.623. The number of carbonyl (C=O) groups excluding carboxylic acids is 3. The van der Waals surface area contributed by atoms with Crippen LogP contribution in [0, 0.1) is 0 Å². The molecule has 2 rings (SSSR count). The van der Waals surface area contributed by atoms with Gasteiger partial charge in [0.15, 0.2) is 0 Å². The second-order valence-corrected chi connectivity index (χ2v) is 5.59. The van der Waals surface area contributed by atoms with Crippen LogP contribution in [-0.2, 0) is 14.4 Å². The summed E-state index contributed by atoms with van der Waals surface area (Å²) in [5.74, 6) is -2.23. The van der Waals surface area contributed by atoms with E-state index in [0.717, 1.165) is 24.2 Å². The molecule has 2 aliphatic rings. The van der Waals surface area contributed by atoms with Crippen LogP contribution >= 0.6 is 0 Å². The Labute approximate surface area is 121 Å². The highest BCUT2D eigenvalue weighted by atomic mass is 16.4. The van der Waals surface area contributed by atoms with Crippen LogP contribution in [0.3, 0.4) is 0 Å². The Morgan fingerprint density at radius 3 is 2.52 bits per heavy atom. The SMILES string of the molecule is CC(NC(=O)CN1C(=O)NC2(CCCCC2)C1=O)C(=O)O. The number of aliphatic carboxylic acids is 1. The topological polar surface area (TPSA) is 116 Å². The summed E-state index contributed by atoms with van der Waals surface area (Å²) < 4.78 is 0. The predicted molar refractivity (Wildman–Crippen MR) is 71.3 cm³/mol. The third-order valence-electron chi connectivity index (χ3n) is 4.00. The summed E-state index contributed by atoms with van der Waals surface area (Å²) in [6.45, 7) is 0.860. The highest BCUT2D eigenvalue weighted by Crippen LogP contribution is 2.33. The van der Waals surface area contributed by atoms with Gasteiger partial charge in [-0.2, -0.15) is 0 Å². The maximum absolute atomic E-state index is 12.4. The number of hydrogen-bond acceptors (Lipinski definition) is 4. The van der Waals surface area contributed by atoms with Gasteiger partial charge in [-0.3, -0.25) is 19.3 Å². The second kappa shape index (κ2) is 5.71. The van der Waals surface area contributed by atoms with Gasteiger partial charge in [-0.25, -0.2) is 4.79 Å². The third kappa shape index (κ3) is 2.98. The first-order valence-electron chi connectivity index (χ1n) is 7.02. The van der Waals surface area contributed by atoms with Crippen molar-refractivity contribution in [2.75, 3.05) is 6.54 Å². The summed E-state index contributed by atoms with van der Waals surface area (Å²) in [6, 6.07) is -1.65. The number of urea groups is 1. The van der Waals surface area contributed by atoms with E-state index in [9.17, 15) is 19.2 Å². The third-order valence-corrected chi connectivity index (χ3v) is 4.00. The van der Waals surface area contributed by atoms with Crippen molar-refractivity contribution >= 4 is 23.8 Å². The van der Waals surface area contributed by atoms with Gasteiger partial charge in [-0.1, -0.05) is 19.3 Å². The zero-order valence-corrected chi connectivity index (χ0v) is 11.8. The van der Waals surface area contributed by atoms with Crippen LogP contribution < -0.4 is 10.6 Å². The van der Waals surface area contributed by atoms with Gasteiger partial charge >= 0.3 is 12.0 Å². The monoisotopic (exact) mass is 297 g/mol. The van der Waals surface area contributed by atoms with Crippen LogP contribution in [0.15, 0.2) is 0 Å². The lowest BCUT2D eigenvalue weighted by Crippen LogP contribution is -2.49. The van der Waals surface area contributed by atoms with Crippen LogP contribution in [0.25, 0.3) is 0 Å². The average molecular weight is 297 g/mol. The van der Waals surface area contributed by atoms with Crippen LogP contribution in [0.2, 0.25) is 0 Å². The minimum Gasteiger partial charge on any atom is -0.480 e. The molecule has 116 valence electrons. The molecule has 0 aromatic heterocycles. The Morgan fingerprint density at radius 1 is 1.33 bits per heavy atom. The first kappa shape index (κ1) is 15.3. The van der Waals surface area contributed by atoms with E-state index in [1.807, 2.05) is 0 Å². The first-order chi connectivity index (χ1) is 9.85. The number of carbonyl (C=O) groups is 4. The Bertz CT molecular complexity index is 484. The molecule has 21 heavy (non-hydrogen) atoms. The standard InChI is InChI=1S/C13H19N3O5/c1-8(10(18)19)14-9(17)7-16-11(20)13(15-12(16)21)5-3-2-4-6-13/h8H,2-7H2,1H3,(H,14,17)(H,15,21)(H,18,19). The van der Waals surface area contributed by atoms with Crippen LogP contribution in [-0.4, -0.2) is 51.9 Å².